The van der Waals surface area contributed by atoms with Crippen molar-refractivity contribution in [2.45, 2.75) is 32.5 Å². The van der Waals surface area contributed by atoms with E-state index in [1.54, 1.807) is 0 Å². The molecular weight excluding hydrogens is 236 g/mol. The third kappa shape index (κ3) is 3.36. The van der Waals surface area contributed by atoms with Crippen molar-refractivity contribution in [3.05, 3.63) is 54.6 Å². The summed E-state index contributed by atoms with van der Waals surface area (Å²) >= 11 is 0. The zero-order valence-electron chi connectivity index (χ0n) is 11.4. The minimum Gasteiger partial charge on any atom is -0.487 e. The maximum atomic E-state index is 9.82. The van der Waals surface area contributed by atoms with Crippen LogP contribution in [-0.2, 0) is 0 Å². The van der Waals surface area contributed by atoms with Gasteiger partial charge in [0.05, 0.1) is 6.10 Å². The number of ether oxygens (including phenoxy) is 1. The Morgan fingerprint density at radius 3 is 2.32 bits per heavy atom. The van der Waals surface area contributed by atoms with Crippen LogP contribution in [0.5, 0.6) is 5.75 Å². The number of aliphatic hydroxyl groups is 1. The van der Waals surface area contributed by atoms with Gasteiger partial charge in [0.15, 0.2) is 0 Å². The summed E-state index contributed by atoms with van der Waals surface area (Å²) in [4.78, 5) is 0. The van der Waals surface area contributed by atoms with Gasteiger partial charge in [-0.1, -0.05) is 55.5 Å². The molecule has 2 unspecified atom stereocenters. The second-order valence-electron chi connectivity index (χ2n) is 4.66. The van der Waals surface area contributed by atoms with Crippen molar-refractivity contribution < 1.29 is 9.84 Å². The maximum absolute atomic E-state index is 9.82. The highest BCUT2D eigenvalue weighted by Crippen LogP contribution is 2.30. The number of aliphatic hydroxyl groups excluding tert-OH is 1. The van der Waals surface area contributed by atoms with Crippen LogP contribution < -0.4 is 4.74 Å². The van der Waals surface area contributed by atoms with Crippen LogP contribution in [0.25, 0.3) is 11.1 Å². The fraction of sp³-hybridized carbons (Fsp3) is 0.294. The van der Waals surface area contributed by atoms with Gasteiger partial charge in [-0.3, -0.25) is 0 Å². The van der Waals surface area contributed by atoms with E-state index in [9.17, 15) is 5.11 Å². The Hall–Kier alpha value is -1.80. The van der Waals surface area contributed by atoms with Gasteiger partial charge < -0.3 is 9.84 Å². The Morgan fingerprint density at radius 2 is 1.63 bits per heavy atom. The first-order valence-corrected chi connectivity index (χ1v) is 6.71. The van der Waals surface area contributed by atoms with E-state index in [4.69, 9.17) is 4.74 Å². The SMILES string of the molecule is CCC(O)C(C)Oc1ccccc1-c1ccccc1. The van der Waals surface area contributed by atoms with Gasteiger partial charge in [-0.05, 0) is 25.0 Å². The fourth-order valence-electron chi connectivity index (χ4n) is 2.04. The molecule has 2 aromatic carbocycles. The lowest BCUT2D eigenvalue weighted by molar-refractivity contribution is 0.0455. The summed E-state index contributed by atoms with van der Waals surface area (Å²) in [5.74, 6) is 0.814. The molecule has 0 heterocycles. The second-order valence-corrected chi connectivity index (χ2v) is 4.66. The van der Waals surface area contributed by atoms with Gasteiger partial charge in [0.1, 0.15) is 11.9 Å². The van der Waals surface area contributed by atoms with E-state index in [-0.39, 0.29) is 6.10 Å². The first kappa shape index (κ1) is 13.6. The second kappa shape index (κ2) is 6.39. The first-order chi connectivity index (χ1) is 9.22. The Labute approximate surface area is 114 Å². The van der Waals surface area contributed by atoms with Crippen molar-refractivity contribution in [2.24, 2.45) is 0 Å². The summed E-state index contributed by atoms with van der Waals surface area (Å²) in [6.07, 6.45) is 0.0352. The van der Waals surface area contributed by atoms with E-state index in [2.05, 4.69) is 12.1 Å². The molecule has 0 aliphatic heterocycles. The van der Waals surface area contributed by atoms with Gasteiger partial charge in [0, 0.05) is 5.56 Å². The van der Waals surface area contributed by atoms with E-state index in [1.165, 1.54) is 0 Å². The summed E-state index contributed by atoms with van der Waals surface area (Å²) in [7, 11) is 0. The van der Waals surface area contributed by atoms with Crippen LogP contribution >= 0.6 is 0 Å². The van der Waals surface area contributed by atoms with E-state index >= 15 is 0 Å². The van der Waals surface area contributed by atoms with E-state index < -0.39 is 6.10 Å². The molecule has 2 aromatic rings. The summed E-state index contributed by atoms with van der Waals surface area (Å²) < 4.78 is 5.90. The largest absolute Gasteiger partial charge is 0.487 e. The van der Waals surface area contributed by atoms with Gasteiger partial charge in [0.25, 0.3) is 0 Å². The van der Waals surface area contributed by atoms with Crippen molar-refractivity contribution in [3.8, 4) is 16.9 Å². The number of para-hydroxylation sites is 1. The van der Waals surface area contributed by atoms with Crippen molar-refractivity contribution in [1.29, 1.82) is 0 Å². The third-order valence-electron chi connectivity index (χ3n) is 3.24. The van der Waals surface area contributed by atoms with Crippen LogP contribution in [0.3, 0.4) is 0 Å². The minimum absolute atomic E-state index is 0.213. The molecule has 0 aromatic heterocycles. The number of hydrogen-bond acceptors (Lipinski definition) is 2. The minimum atomic E-state index is -0.441. The Kier molecular flexibility index (Phi) is 4.58. The Balaban J connectivity index is 2.27. The molecule has 2 rings (SSSR count). The predicted octanol–water partition coefficient (Wildman–Crippen LogP) is 3.89. The molecule has 2 atom stereocenters. The molecule has 0 bridgehead atoms. The zero-order valence-corrected chi connectivity index (χ0v) is 11.4. The molecule has 0 aliphatic carbocycles. The lowest BCUT2D eigenvalue weighted by atomic mass is 10.0. The van der Waals surface area contributed by atoms with Gasteiger partial charge in [-0.2, -0.15) is 0 Å². The molecule has 2 heteroatoms. The molecule has 0 fully saturated rings. The normalized spacial score (nSPS) is 13.8. The lowest BCUT2D eigenvalue weighted by Gasteiger charge is -2.21. The molecule has 2 nitrogen and oxygen atoms in total. The average Bonchev–Trinajstić information content (AvgIpc) is 2.47. The zero-order chi connectivity index (χ0) is 13.7. The van der Waals surface area contributed by atoms with Gasteiger partial charge >= 0.3 is 0 Å². The monoisotopic (exact) mass is 256 g/mol. The average molecular weight is 256 g/mol. The van der Waals surface area contributed by atoms with Crippen LogP contribution in [0.15, 0.2) is 54.6 Å². The molecule has 0 spiro atoms. The molecule has 0 saturated heterocycles. The third-order valence-corrected chi connectivity index (χ3v) is 3.24. The van der Waals surface area contributed by atoms with Gasteiger partial charge in [-0.25, -0.2) is 0 Å². The topological polar surface area (TPSA) is 29.5 Å². The molecule has 0 amide bonds. The van der Waals surface area contributed by atoms with E-state index in [1.807, 2.05) is 56.3 Å². The molecule has 100 valence electrons. The Morgan fingerprint density at radius 1 is 1.00 bits per heavy atom. The predicted molar refractivity (Wildman–Crippen MR) is 78.3 cm³/mol. The molecule has 19 heavy (non-hydrogen) atoms. The van der Waals surface area contributed by atoms with Crippen molar-refractivity contribution in [2.75, 3.05) is 0 Å². The quantitative estimate of drug-likeness (QED) is 0.879. The van der Waals surface area contributed by atoms with Crippen LogP contribution in [0.4, 0.5) is 0 Å². The van der Waals surface area contributed by atoms with Crippen molar-refractivity contribution in [3.63, 3.8) is 0 Å². The van der Waals surface area contributed by atoms with Crippen LogP contribution in [0, 0.1) is 0 Å². The van der Waals surface area contributed by atoms with Gasteiger partial charge in [0.2, 0.25) is 0 Å². The maximum Gasteiger partial charge on any atom is 0.127 e. The summed E-state index contributed by atoms with van der Waals surface area (Å²) in [5.41, 5.74) is 2.18. The molecule has 0 saturated carbocycles. The Bertz CT molecular complexity index is 508. The van der Waals surface area contributed by atoms with Crippen molar-refractivity contribution >= 4 is 0 Å². The fourth-order valence-corrected chi connectivity index (χ4v) is 2.04. The van der Waals surface area contributed by atoms with E-state index in [0.29, 0.717) is 6.42 Å². The standard InChI is InChI=1S/C17H20O2/c1-3-16(18)13(2)19-17-12-8-7-11-15(17)14-9-5-4-6-10-14/h4-13,16,18H,3H2,1-2H3. The number of rotatable bonds is 5. The first-order valence-electron chi connectivity index (χ1n) is 6.71. The molecular formula is C17H20O2. The summed E-state index contributed by atoms with van der Waals surface area (Å²) in [6, 6.07) is 18.1. The van der Waals surface area contributed by atoms with E-state index in [0.717, 1.165) is 16.9 Å². The van der Waals surface area contributed by atoms with Crippen LogP contribution in [0.1, 0.15) is 20.3 Å². The molecule has 0 aliphatic rings. The molecule has 0 radical (unpaired) electrons. The van der Waals surface area contributed by atoms with Crippen LogP contribution in [0.2, 0.25) is 0 Å². The van der Waals surface area contributed by atoms with Crippen LogP contribution in [-0.4, -0.2) is 17.3 Å². The number of hydrogen-bond donors (Lipinski definition) is 1. The molecule has 1 N–H and O–H groups in total. The highest BCUT2D eigenvalue weighted by molar-refractivity contribution is 5.70. The lowest BCUT2D eigenvalue weighted by Crippen LogP contribution is -2.28. The summed E-state index contributed by atoms with van der Waals surface area (Å²) in [5, 5.41) is 9.82. The van der Waals surface area contributed by atoms with Crippen molar-refractivity contribution in [1.82, 2.24) is 0 Å². The smallest absolute Gasteiger partial charge is 0.127 e. The highest BCUT2D eigenvalue weighted by atomic mass is 16.5. The highest BCUT2D eigenvalue weighted by Gasteiger charge is 2.15. The van der Waals surface area contributed by atoms with Gasteiger partial charge in [-0.15, -0.1) is 0 Å². The number of benzene rings is 2. The summed E-state index contributed by atoms with van der Waals surface area (Å²) in [6.45, 7) is 3.85.